The second-order valence-corrected chi connectivity index (χ2v) is 8.50. The lowest BCUT2D eigenvalue weighted by Gasteiger charge is -2.29. The van der Waals surface area contributed by atoms with Crippen LogP contribution in [0.25, 0.3) is 0 Å². The first-order valence-electron chi connectivity index (χ1n) is 11.4. The molecule has 1 nitrogen and oxygen atoms in total. The zero-order chi connectivity index (χ0) is 21.5. The number of hydrogen-bond donors (Lipinski definition) is 0. The van der Waals surface area contributed by atoms with Gasteiger partial charge < -0.3 is 4.74 Å². The summed E-state index contributed by atoms with van der Waals surface area (Å²) in [6, 6.07) is 9.00. The maximum absolute atomic E-state index is 14.4. The first-order chi connectivity index (χ1) is 14.5. The largest absolute Gasteiger partial charge is 0.373 e. The Morgan fingerprint density at radius 3 is 2.13 bits per heavy atom. The number of unbranched alkanes of at least 4 members (excludes halogenated alkanes) is 1. The van der Waals surface area contributed by atoms with Crippen LogP contribution < -0.4 is 0 Å². The number of aryl methyl sites for hydroxylation is 2. The van der Waals surface area contributed by atoms with Crippen LogP contribution in [0.5, 0.6) is 0 Å². The van der Waals surface area contributed by atoms with Crippen molar-refractivity contribution in [1.29, 1.82) is 0 Å². The summed E-state index contributed by atoms with van der Waals surface area (Å²) in [4.78, 5) is 0. The lowest BCUT2D eigenvalue weighted by molar-refractivity contribution is 0.0118. The van der Waals surface area contributed by atoms with Crippen molar-refractivity contribution >= 4 is 0 Å². The van der Waals surface area contributed by atoms with Gasteiger partial charge in [-0.1, -0.05) is 51.0 Å². The highest BCUT2D eigenvalue weighted by Gasteiger charge is 2.24. The molecule has 0 atom stereocenters. The van der Waals surface area contributed by atoms with Crippen LogP contribution in [0.1, 0.15) is 87.0 Å². The molecule has 1 aliphatic carbocycles. The van der Waals surface area contributed by atoms with Gasteiger partial charge in [-0.3, -0.25) is 0 Å². The minimum absolute atomic E-state index is 0.0349. The molecule has 1 fully saturated rings. The third-order valence-corrected chi connectivity index (χ3v) is 6.26. The van der Waals surface area contributed by atoms with Crippen LogP contribution in [0.15, 0.2) is 30.3 Å². The quantitative estimate of drug-likeness (QED) is 0.406. The van der Waals surface area contributed by atoms with Crippen molar-refractivity contribution in [2.75, 3.05) is 0 Å². The molecule has 0 heterocycles. The molecule has 30 heavy (non-hydrogen) atoms. The second-order valence-electron chi connectivity index (χ2n) is 8.50. The van der Waals surface area contributed by atoms with Crippen LogP contribution in [-0.2, 0) is 24.2 Å². The molecule has 0 spiro atoms. The molecule has 0 bridgehead atoms. The summed E-state index contributed by atoms with van der Waals surface area (Å²) in [6.45, 7) is 4.14. The van der Waals surface area contributed by atoms with Gasteiger partial charge in [0.1, 0.15) is 5.82 Å². The fraction of sp³-hybridized carbons (Fsp3) is 0.538. The molecule has 2 aromatic rings. The molecule has 2 aromatic carbocycles. The molecular weight excluding hydrogens is 385 g/mol. The predicted octanol–water partition coefficient (Wildman–Crippen LogP) is 7.64. The van der Waals surface area contributed by atoms with Gasteiger partial charge in [-0.15, -0.1) is 0 Å². The van der Waals surface area contributed by atoms with Gasteiger partial charge in [0.25, 0.3) is 0 Å². The van der Waals surface area contributed by atoms with E-state index in [1.807, 2.05) is 13.0 Å². The molecule has 0 aliphatic heterocycles. The van der Waals surface area contributed by atoms with Crippen molar-refractivity contribution in [3.05, 3.63) is 70.0 Å². The van der Waals surface area contributed by atoms with Gasteiger partial charge in [-0.2, -0.15) is 0 Å². The first-order valence-corrected chi connectivity index (χ1v) is 11.4. The number of ether oxygens (including phenoxy) is 1. The van der Waals surface area contributed by atoms with Crippen LogP contribution >= 0.6 is 0 Å². The normalized spacial score (nSPS) is 19.2. The molecule has 0 N–H and O–H groups in total. The fourth-order valence-electron chi connectivity index (χ4n) is 4.36. The fourth-order valence-corrected chi connectivity index (χ4v) is 4.36. The van der Waals surface area contributed by atoms with Crippen molar-refractivity contribution in [3.63, 3.8) is 0 Å². The van der Waals surface area contributed by atoms with Crippen molar-refractivity contribution in [1.82, 2.24) is 0 Å². The standard InChI is InChI=1S/C26H33F3O/c1-3-5-7-19-8-10-21(16-24(19)27)18-12-14-23(15-13-18)30-17-22-11-9-20(6-4-2)25(28)26(22)29/h8-11,16,18,23H,3-7,12-15,17H2,1-2H3. The van der Waals surface area contributed by atoms with Gasteiger partial charge in [0, 0.05) is 5.56 Å². The zero-order valence-corrected chi connectivity index (χ0v) is 18.2. The number of benzene rings is 2. The van der Waals surface area contributed by atoms with E-state index in [4.69, 9.17) is 4.74 Å². The molecule has 0 radical (unpaired) electrons. The molecule has 0 unspecified atom stereocenters. The van der Waals surface area contributed by atoms with Gasteiger partial charge in [-0.05, 0) is 73.6 Å². The Morgan fingerprint density at radius 1 is 0.800 bits per heavy atom. The van der Waals surface area contributed by atoms with Crippen LogP contribution in [0, 0.1) is 17.5 Å². The molecule has 0 amide bonds. The van der Waals surface area contributed by atoms with Crippen molar-refractivity contribution < 1.29 is 17.9 Å². The van der Waals surface area contributed by atoms with Crippen molar-refractivity contribution in [2.24, 2.45) is 0 Å². The highest BCUT2D eigenvalue weighted by atomic mass is 19.2. The third kappa shape index (κ3) is 5.66. The molecule has 1 saturated carbocycles. The maximum Gasteiger partial charge on any atom is 0.164 e. The van der Waals surface area contributed by atoms with E-state index in [9.17, 15) is 13.2 Å². The van der Waals surface area contributed by atoms with E-state index in [1.54, 1.807) is 18.2 Å². The van der Waals surface area contributed by atoms with Gasteiger partial charge in [0.15, 0.2) is 11.6 Å². The second kappa shape index (κ2) is 11.0. The lowest BCUT2D eigenvalue weighted by Crippen LogP contribution is -2.21. The van der Waals surface area contributed by atoms with E-state index < -0.39 is 11.6 Å². The minimum Gasteiger partial charge on any atom is -0.373 e. The van der Waals surface area contributed by atoms with E-state index in [0.29, 0.717) is 17.9 Å². The first kappa shape index (κ1) is 22.9. The predicted molar refractivity (Wildman–Crippen MR) is 115 cm³/mol. The Bertz CT molecular complexity index is 825. The van der Waals surface area contributed by atoms with E-state index in [1.165, 1.54) is 0 Å². The molecular formula is C26H33F3O. The van der Waals surface area contributed by atoms with Crippen LogP contribution in [-0.4, -0.2) is 6.10 Å². The topological polar surface area (TPSA) is 9.23 Å². The zero-order valence-electron chi connectivity index (χ0n) is 18.2. The Labute approximate surface area is 178 Å². The van der Waals surface area contributed by atoms with Gasteiger partial charge >= 0.3 is 0 Å². The van der Waals surface area contributed by atoms with Gasteiger partial charge in [-0.25, -0.2) is 13.2 Å². The van der Waals surface area contributed by atoms with Crippen molar-refractivity contribution in [2.45, 2.75) is 90.3 Å². The van der Waals surface area contributed by atoms with Crippen molar-refractivity contribution in [3.8, 4) is 0 Å². The molecule has 3 rings (SSSR count). The Balaban J connectivity index is 1.51. The average Bonchev–Trinajstić information content (AvgIpc) is 2.76. The Kier molecular flexibility index (Phi) is 8.38. The highest BCUT2D eigenvalue weighted by molar-refractivity contribution is 5.28. The molecule has 0 aromatic heterocycles. The number of rotatable bonds is 9. The Hall–Kier alpha value is -1.81. The number of hydrogen-bond acceptors (Lipinski definition) is 1. The van der Waals surface area contributed by atoms with Crippen LogP contribution in [0.4, 0.5) is 13.2 Å². The van der Waals surface area contributed by atoms with E-state index >= 15 is 0 Å². The summed E-state index contributed by atoms with van der Waals surface area (Å²) in [7, 11) is 0. The van der Waals surface area contributed by atoms with E-state index in [0.717, 1.165) is 62.5 Å². The summed E-state index contributed by atoms with van der Waals surface area (Å²) in [5, 5.41) is 0. The molecule has 4 heteroatoms. The lowest BCUT2D eigenvalue weighted by atomic mass is 9.82. The average molecular weight is 419 g/mol. The van der Waals surface area contributed by atoms with Crippen LogP contribution in [0.3, 0.4) is 0 Å². The summed E-state index contributed by atoms with van der Waals surface area (Å²) < 4.78 is 48.7. The summed E-state index contributed by atoms with van der Waals surface area (Å²) >= 11 is 0. The molecule has 164 valence electrons. The Morgan fingerprint density at radius 2 is 1.47 bits per heavy atom. The summed E-state index contributed by atoms with van der Waals surface area (Å²) in [5.41, 5.74) is 2.56. The van der Waals surface area contributed by atoms with Gasteiger partial charge in [0.2, 0.25) is 0 Å². The smallest absolute Gasteiger partial charge is 0.164 e. The third-order valence-electron chi connectivity index (χ3n) is 6.26. The maximum atomic E-state index is 14.4. The summed E-state index contributed by atoms with van der Waals surface area (Å²) in [5.74, 6) is -1.29. The van der Waals surface area contributed by atoms with E-state index in [-0.39, 0.29) is 24.1 Å². The van der Waals surface area contributed by atoms with Gasteiger partial charge in [0.05, 0.1) is 12.7 Å². The monoisotopic (exact) mass is 418 g/mol. The number of halogens is 3. The highest BCUT2D eigenvalue weighted by Crippen LogP contribution is 2.35. The van der Waals surface area contributed by atoms with E-state index in [2.05, 4.69) is 13.0 Å². The molecule has 1 aliphatic rings. The SMILES string of the molecule is CCCCc1ccc(C2CCC(OCc3ccc(CCC)c(F)c3F)CC2)cc1F. The minimum atomic E-state index is -0.784. The van der Waals surface area contributed by atoms with Crippen LogP contribution in [0.2, 0.25) is 0 Å². The molecule has 0 saturated heterocycles. The summed E-state index contributed by atoms with van der Waals surface area (Å²) in [6.07, 6.45) is 7.75.